The van der Waals surface area contributed by atoms with Crippen molar-refractivity contribution in [2.45, 2.75) is 25.5 Å². The monoisotopic (exact) mass is 568 g/mol. The minimum atomic E-state index is -0.545. The average Bonchev–Trinajstić information content (AvgIpc) is 3.35. The first-order valence-electron chi connectivity index (χ1n) is 13.7. The Balaban J connectivity index is 1.22. The lowest BCUT2D eigenvalue weighted by atomic mass is 10.0. The topological polar surface area (TPSA) is 129 Å². The summed E-state index contributed by atoms with van der Waals surface area (Å²) in [7, 11) is 3.64. The van der Waals surface area contributed by atoms with E-state index < -0.39 is 18.0 Å². The van der Waals surface area contributed by atoms with Crippen molar-refractivity contribution in [2.75, 3.05) is 69.7 Å². The van der Waals surface area contributed by atoms with Gasteiger partial charge < -0.3 is 30.5 Å². The maximum Gasteiger partial charge on any atom is 0.414 e. The van der Waals surface area contributed by atoms with E-state index in [1.807, 2.05) is 19.0 Å². The SMILES string of the molecule is CN(C)CC(=O)NCc1ccc(C(=O)CCC(=O)N2CCN(c3ccc(N4C[C@H](CN)OC4=O)cc3F)CC2)cc1. The van der Waals surface area contributed by atoms with E-state index in [1.54, 1.807) is 46.2 Å². The number of benzene rings is 2. The summed E-state index contributed by atoms with van der Waals surface area (Å²) in [6.45, 7) is 2.89. The van der Waals surface area contributed by atoms with Crippen LogP contribution in [0.3, 0.4) is 0 Å². The minimum Gasteiger partial charge on any atom is -0.443 e. The lowest BCUT2D eigenvalue weighted by Gasteiger charge is -2.36. The number of piperazine rings is 1. The minimum absolute atomic E-state index is 0.0791. The van der Waals surface area contributed by atoms with Gasteiger partial charge in [0.25, 0.3) is 0 Å². The molecule has 11 nitrogen and oxygen atoms in total. The lowest BCUT2D eigenvalue weighted by Crippen LogP contribution is -2.49. The molecule has 0 bridgehead atoms. The zero-order valence-corrected chi connectivity index (χ0v) is 23.5. The number of anilines is 2. The number of hydrogen-bond donors (Lipinski definition) is 2. The van der Waals surface area contributed by atoms with Crippen molar-refractivity contribution in [3.8, 4) is 0 Å². The largest absolute Gasteiger partial charge is 0.443 e. The van der Waals surface area contributed by atoms with Gasteiger partial charge in [-0.25, -0.2) is 9.18 Å². The maximum absolute atomic E-state index is 15.0. The van der Waals surface area contributed by atoms with Gasteiger partial charge in [-0.1, -0.05) is 24.3 Å². The molecule has 2 heterocycles. The van der Waals surface area contributed by atoms with Crippen molar-refractivity contribution in [2.24, 2.45) is 5.73 Å². The summed E-state index contributed by atoms with van der Waals surface area (Å²) in [6, 6.07) is 11.6. The zero-order chi connectivity index (χ0) is 29.5. The Hall–Kier alpha value is -4.03. The van der Waals surface area contributed by atoms with Crippen LogP contribution in [0.4, 0.5) is 20.6 Å². The van der Waals surface area contributed by atoms with Gasteiger partial charge >= 0.3 is 6.09 Å². The van der Waals surface area contributed by atoms with Crippen molar-refractivity contribution >= 4 is 35.1 Å². The molecule has 220 valence electrons. The number of amides is 3. The standard InChI is InChI=1S/C29H37FN6O5/c1-33(2)19-27(38)32-17-20-3-5-21(6-4-20)26(37)9-10-28(39)35-13-11-34(12-14-35)25-8-7-22(15-24(25)30)36-18-23(16-31)41-29(36)40/h3-8,15,23H,9-14,16-19,31H2,1-2H3,(H,32,38)/t23-/m0/s1. The molecule has 2 saturated heterocycles. The second-order valence-electron chi connectivity index (χ2n) is 10.5. The molecular weight excluding hydrogens is 531 g/mol. The molecule has 0 unspecified atom stereocenters. The highest BCUT2D eigenvalue weighted by atomic mass is 19.1. The molecular formula is C29H37FN6O5. The number of ether oxygens (including phenoxy) is 1. The van der Waals surface area contributed by atoms with Crippen LogP contribution < -0.4 is 20.9 Å². The van der Waals surface area contributed by atoms with E-state index in [2.05, 4.69) is 5.32 Å². The summed E-state index contributed by atoms with van der Waals surface area (Å²) in [5.74, 6) is -0.776. The fraction of sp³-hybridized carbons (Fsp3) is 0.448. The Morgan fingerprint density at radius 1 is 1.05 bits per heavy atom. The van der Waals surface area contributed by atoms with Crippen LogP contribution in [0.2, 0.25) is 0 Å². The molecule has 2 aromatic rings. The predicted octanol–water partition coefficient (Wildman–Crippen LogP) is 1.60. The number of cyclic esters (lactones) is 1. The van der Waals surface area contributed by atoms with Gasteiger partial charge in [-0.15, -0.1) is 0 Å². The fourth-order valence-electron chi connectivity index (χ4n) is 4.85. The first kappa shape index (κ1) is 29.9. The molecule has 2 fully saturated rings. The summed E-state index contributed by atoms with van der Waals surface area (Å²) < 4.78 is 20.1. The number of rotatable bonds is 11. The van der Waals surface area contributed by atoms with Crippen molar-refractivity contribution in [1.82, 2.24) is 15.1 Å². The Kier molecular flexibility index (Phi) is 9.90. The number of carbonyl (C=O) groups excluding carboxylic acids is 4. The normalized spacial score (nSPS) is 17.1. The van der Waals surface area contributed by atoms with Crippen LogP contribution in [0.5, 0.6) is 0 Å². The van der Waals surface area contributed by atoms with E-state index in [0.29, 0.717) is 56.2 Å². The van der Waals surface area contributed by atoms with E-state index in [9.17, 15) is 23.6 Å². The van der Waals surface area contributed by atoms with Gasteiger partial charge in [-0.2, -0.15) is 0 Å². The second-order valence-corrected chi connectivity index (χ2v) is 10.5. The van der Waals surface area contributed by atoms with Crippen LogP contribution >= 0.6 is 0 Å². The van der Waals surface area contributed by atoms with Gasteiger partial charge in [0.2, 0.25) is 11.8 Å². The summed E-state index contributed by atoms with van der Waals surface area (Å²) in [5.41, 5.74) is 7.78. The third-order valence-corrected chi connectivity index (χ3v) is 7.14. The van der Waals surface area contributed by atoms with E-state index >= 15 is 0 Å². The van der Waals surface area contributed by atoms with E-state index in [-0.39, 0.29) is 43.5 Å². The van der Waals surface area contributed by atoms with Crippen LogP contribution in [0.15, 0.2) is 42.5 Å². The first-order chi connectivity index (χ1) is 19.6. The van der Waals surface area contributed by atoms with Crippen molar-refractivity contribution in [1.29, 1.82) is 0 Å². The van der Waals surface area contributed by atoms with E-state index in [4.69, 9.17) is 10.5 Å². The zero-order valence-electron chi connectivity index (χ0n) is 23.5. The number of carbonyl (C=O) groups is 4. The number of nitrogens with two attached hydrogens (primary N) is 1. The molecule has 0 aliphatic carbocycles. The van der Waals surface area contributed by atoms with Crippen molar-refractivity contribution in [3.05, 3.63) is 59.4 Å². The van der Waals surface area contributed by atoms with Gasteiger partial charge in [0, 0.05) is 57.7 Å². The van der Waals surface area contributed by atoms with Crippen LogP contribution in [-0.2, 0) is 20.9 Å². The molecule has 2 aliphatic rings. The summed E-state index contributed by atoms with van der Waals surface area (Å²) >= 11 is 0. The van der Waals surface area contributed by atoms with Crippen molar-refractivity contribution < 1.29 is 28.3 Å². The molecule has 1 atom stereocenters. The number of nitrogens with zero attached hydrogens (tertiary/aromatic N) is 4. The molecule has 12 heteroatoms. The fourth-order valence-corrected chi connectivity index (χ4v) is 4.85. The quantitative estimate of drug-likeness (QED) is 0.391. The number of hydrogen-bond acceptors (Lipinski definition) is 8. The van der Waals surface area contributed by atoms with Crippen LogP contribution in [0.25, 0.3) is 0 Å². The Morgan fingerprint density at radius 3 is 2.37 bits per heavy atom. The molecule has 41 heavy (non-hydrogen) atoms. The van der Waals surface area contributed by atoms with Crippen molar-refractivity contribution in [3.63, 3.8) is 0 Å². The first-order valence-corrected chi connectivity index (χ1v) is 13.7. The highest BCUT2D eigenvalue weighted by Gasteiger charge is 2.32. The number of halogens is 1. The molecule has 0 radical (unpaired) electrons. The van der Waals surface area contributed by atoms with Gasteiger partial charge in [-0.3, -0.25) is 19.3 Å². The van der Waals surface area contributed by atoms with Crippen LogP contribution in [0.1, 0.15) is 28.8 Å². The molecule has 3 N–H and O–H groups in total. The third kappa shape index (κ3) is 7.80. The summed E-state index contributed by atoms with van der Waals surface area (Å²) in [6.07, 6.45) is -0.764. The molecule has 2 aliphatic heterocycles. The molecule has 0 saturated carbocycles. The summed E-state index contributed by atoms with van der Waals surface area (Å²) in [4.78, 5) is 56.0. The highest BCUT2D eigenvalue weighted by Crippen LogP contribution is 2.28. The van der Waals surface area contributed by atoms with Gasteiger partial charge in [0.15, 0.2) is 5.78 Å². The highest BCUT2D eigenvalue weighted by molar-refractivity contribution is 5.98. The van der Waals surface area contributed by atoms with Crippen LogP contribution in [-0.4, -0.2) is 99.5 Å². The third-order valence-electron chi connectivity index (χ3n) is 7.14. The number of ketones is 1. The number of likely N-dealkylation sites (N-methyl/N-ethyl adjacent to an activating group) is 1. The molecule has 0 spiro atoms. The predicted molar refractivity (Wildman–Crippen MR) is 152 cm³/mol. The molecule has 4 rings (SSSR count). The Bertz CT molecular complexity index is 1260. The van der Waals surface area contributed by atoms with E-state index in [1.165, 1.54) is 11.0 Å². The average molecular weight is 569 g/mol. The van der Waals surface area contributed by atoms with Gasteiger partial charge in [-0.05, 0) is 37.9 Å². The van der Waals surface area contributed by atoms with Gasteiger partial charge in [0.1, 0.15) is 11.9 Å². The lowest BCUT2D eigenvalue weighted by molar-refractivity contribution is -0.131. The maximum atomic E-state index is 15.0. The van der Waals surface area contributed by atoms with Crippen LogP contribution in [0, 0.1) is 5.82 Å². The molecule has 3 amide bonds. The number of Topliss-reactive ketones (excluding diaryl/α,β-unsaturated/α-hetero) is 1. The second kappa shape index (κ2) is 13.6. The molecule has 2 aromatic carbocycles. The Morgan fingerprint density at radius 2 is 1.76 bits per heavy atom. The smallest absolute Gasteiger partial charge is 0.414 e. The van der Waals surface area contributed by atoms with Gasteiger partial charge in [0.05, 0.1) is 24.5 Å². The number of nitrogens with one attached hydrogen (secondary N) is 1. The Labute approximate surface area is 239 Å². The molecule has 0 aromatic heterocycles. The summed E-state index contributed by atoms with van der Waals surface area (Å²) in [5, 5.41) is 2.83. The van der Waals surface area contributed by atoms with E-state index in [0.717, 1.165) is 5.56 Å².